The number of carbonyl (C=O) groups is 2. The molecule has 1 amide bonds. The quantitative estimate of drug-likeness (QED) is 0.699. The predicted molar refractivity (Wildman–Crippen MR) is 79.1 cm³/mol. The van der Waals surface area contributed by atoms with Crippen LogP contribution in [0.2, 0.25) is 0 Å². The third-order valence-electron chi connectivity index (χ3n) is 4.61. The average molecular weight is 325 g/mol. The summed E-state index contributed by atoms with van der Waals surface area (Å²) in [5.41, 5.74) is -1.63. The summed E-state index contributed by atoms with van der Waals surface area (Å²) in [6.45, 7) is 6.59. The fourth-order valence-corrected chi connectivity index (χ4v) is 2.99. The number of amides is 1. The molecule has 2 atom stereocenters. The number of aryl methyl sites for hydroxylation is 1. The van der Waals surface area contributed by atoms with Crippen molar-refractivity contribution in [1.82, 2.24) is 25.5 Å². The maximum atomic E-state index is 12.3. The molecule has 1 fully saturated rings. The third-order valence-corrected chi connectivity index (χ3v) is 4.61. The Morgan fingerprint density at radius 1 is 1.43 bits per heavy atom. The van der Waals surface area contributed by atoms with E-state index in [2.05, 4.69) is 20.8 Å². The Morgan fingerprint density at radius 3 is 2.70 bits per heavy atom. The molecule has 0 unspecified atom stereocenters. The van der Waals surface area contributed by atoms with Crippen LogP contribution in [0.1, 0.15) is 33.6 Å². The second kappa shape index (κ2) is 6.61. The first-order chi connectivity index (χ1) is 10.9. The second-order valence-electron chi connectivity index (χ2n) is 6.14. The van der Waals surface area contributed by atoms with Gasteiger partial charge in [-0.1, -0.05) is 13.8 Å². The van der Waals surface area contributed by atoms with E-state index >= 15 is 0 Å². The van der Waals surface area contributed by atoms with Gasteiger partial charge < -0.3 is 14.8 Å². The lowest BCUT2D eigenvalue weighted by molar-refractivity contribution is -0.197. The molecule has 9 nitrogen and oxygen atoms in total. The van der Waals surface area contributed by atoms with Crippen molar-refractivity contribution >= 4 is 11.9 Å². The highest BCUT2D eigenvalue weighted by molar-refractivity contribution is 5.90. The van der Waals surface area contributed by atoms with Gasteiger partial charge in [0.05, 0.1) is 19.8 Å². The van der Waals surface area contributed by atoms with Crippen LogP contribution in [-0.2, 0) is 25.6 Å². The molecule has 0 saturated heterocycles. The average Bonchev–Trinajstić information content (AvgIpc) is 3.04. The van der Waals surface area contributed by atoms with Gasteiger partial charge in [-0.15, -0.1) is 5.10 Å². The zero-order chi connectivity index (χ0) is 17.1. The van der Waals surface area contributed by atoms with Gasteiger partial charge in [-0.05, 0) is 17.4 Å². The van der Waals surface area contributed by atoms with E-state index in [0.29, 0.717) is 19.6 Å². The van der Waals surface area contributed by atoms with Crippen molar-refractivity contribution in [1.29, 1.82) is 0 Å². The fraction of sp³-hybridized carbons (Fsp3) is 0.786. The van der Waals surface area contributed by atoms with Crippen molar-refractivity contribution in [2.75, 3.05) is 13.7 Å². The van der Waals surface area contributed by atoms with Crippen LogP contribution in [0.3, 0.4) is 0 Å². The van der Waals surface area contributed by atoms with Crippen LogP contribution in [0, 0.1) is 5.41 Å². The lowest BCUT2D eigenvalue weighted by Gasteiger charge is -2.58. The molecule has 0 spiro atoms. The Kier molecular flexibility index (Phi) is 4.98. The number of nitrogens with one attached hydrogen (secondary N) is 1. The van der Waals surface area contributed by atoms with Gasteiger partial charge in [0.2, 0.25) is 5.91 Å². The van der Waals surface area contributed by atoms with Crippen LogP contribution in [0.25, 0.3) is 0 Å². The van der Waals surface area contributed by atoms with E-state index in [1.807, 2.05) is 20.8 Å². The molecular weight excluding hydrogens is 302 g/mol. The molecule has 0 radical (unpaired) electrons. The molecule has 23 heavy (non-hydrogen) atoms. The van der Waals surface area contributed by atoms with E-state index in [1.54, 1.807) is 0 Å². The van der Waals surface area contributed by atoms with Gasteiger partial charge >= 0.3 is 5.97 Å². The highest BCUT2D eigenvalue weighted by Gasteiger charge is 2.66. The van der Waals surface area contributed by atoms with Crippen LogP contribution in [-0.4, -0.2) is 57.4 Å². The van der Waals surface area contributed by atoms with Crippen molar-refractivity contribution < 1.29 is 19.1 Å². The summed E-state index contributed by atoms with van der Waals surface area (Å²) in [7, 11) is 1.32. The molecule has 128 valence electrons. The van der Waals surface area contributed by atoms with E-state index in [0.717, 1.165) is 0 Å². The van der Waals surface area contributed by atoms with Gasteiger partial charge in [-0.2, -0.15) is 0 Å². The monoisotopic (exact) mass is 325 g/mol. The molecule has 1 saturated carbocycles. The first kappa shape index (κ1) is 17.3. The Labute approximate surface area is 134 Å². The van der Waals surface area contributed by atoms with E-state index in [4.69, 9.17) is 9.47 Å². The zero-order valence-electron chi connectivity index (χ0n) is 13.9. The van der Waals surface area contributed by atoms with E-state index in [1.165, 1.54) is 18.1 Å². The predicted octanol–water partition coefficient (Wildman–Crippen LogP) is -0.0738. The molecule has 9 heteroatoms. The Hall–Kier alpha value is -2.03. The molecule has 1 N–H and O–H groups in total. The Morgan fingerprint density at radius 2 is 2.17 bits per heavy atom. The SMILES string of the molecule is CCO[C@@H]1C[C@@](NC(=O)CCn2cnnn2)(C(=O)OC)C1(C)C. The number of rotatable bonds is 7. The number of aromatic nitrogens is 4. The number of ether oxygens (including phenoxy) is 2. The normalized spacial score (nSPS) is 25.5. The highest BCUT2D eigenvalue weighted by atomic mass is 16.5. The topological polar surface area (TPSA) is 108 Å². The molecule has 0 aliphatic heterocycles. The molecule has 0 bridgehead atoms. The van der Waals surface area contributed by atoms with E-state index in [-0.39, 0.29) is 18.4 Å². The van der Waals surface area contributed by atoms with Crippen molar-refractivity contribution in [2.45, 2.75) is 51.8 Å². The lowest BCUT2D eigenvalue weighted by Crippen LogP contribution is -2.76. The minimum atomic E-state index is -1.07. The van der Waals surface area contributed by atoms with Gasteiger partial charge in [-0.25, -0.2) is 9.48 Å². The Balaban J connectivity index is 2.05. The molecule has 0 aromatic carbocycles. The summed E-state index contributed by atoms with van der Waals surface area (Å²) in [5, 5.41) is 13.6. The van der Waals surface area contributed by atoms with Crippen molar-refractivity contribution in [3.8, 4) is 0 Å². The maximum Gasteiger partial charge on any atom is 0.332 e. The van der Waals surface area contributed by atoms with Crippen LogP contribution in [0.4, 0.5) is 0 Å². The Bertz CT molecular complexity index is 560. The molecule has 2 rings (SSSR count). The first-order valence-electron chi connectivity index (χ1n) is 7.59. The minimum Gasteiger partial charge on any atom is -0.467 e. The summed E-state index contributed by atoms with van der Waals surface area (Å²) in [5.74, 6) is -0.705. The van der Waals surface area contributed by atoms with Crippen LogP contribution >= 0.6 is 0 Å². The number of methoxy groups -OCH3 is 1. The van der Waals surface area contributed by atoms with Gasteiger partial charge in [0.15, 0.2) is 0 Å². The summed E-state index contributed by atoms with van der Waals surface area (Å²) < 4.78 is 12.0. The summed E-state index contributed by atoms with van der Waals surface area (Å²) >= 11 is 0. The number of carbonyl (C=O) groups excluding carboxylic acids is 2. The molecule has 1 aromatic heterocycles. The minimum absolute atomic E-state index is 0.105. The van der Waals surface area contributed by atoms with Crippen molar-refractivity contribution in [3.05, 3.63) is 6.33 Å². The van der Waals surface area contributed by atoms with Crippen LogP contribution < -0.4 is 5.32 Å². The van der Waals surface area contributed by atoms with Gasteiger partial charge in [0.25, 0.3) is 0 Å². The standard InChI is InChI=1S/C14H23N5O4/c1-5-23-10-8-14(12(21)22-4,13(10,2)3)16-11(20)6-7-19-9-15-17-18-19/h9-10H,5-8H2,1-4H3,(H,16,20)/t10-,14-/m1/s1. The molecule has 1 aromatic rings. The number of esters is 1. The van der Waals surface area contributed by atoms with Crippen molar-refractivity contribution in [2.24, 2.45) is 5.41 Å². The summed E-state index contributed by atoms with van der Waals surface area (Å²) in [6, 6.07) is 0. The van der Waals surface area contributed by atoms with Crippen LogP contribution in [0.5, 0.6) is 0 Å². The molecule has 1 aliphatic rings. The number of tetrazole rings is 1. The largest absolute Gasteiger partial charge is 0.467 e. The van der Waals surface area contributed by atoms with E-state index < -0.39 is 16.9 Å². The lowest BCUT2D eigenvalue weighted by atomic mass is 9.54. The number of nitrogens with zero attached hydrogens (tertiary/aromatic N) is 4. The maximum absolute atomic E-state index is 12.3. The number of hydrogen-bond acceptors (Lipinski definition) is 7. The second-order valence-corrected chi connectivity index (χ2v) is 6.14. The third kappa shape index (κ3) is 3.05. The molecule has 1 aliphatic carbocycles. The smallest absolute Gasteiger partial charge is 0.332 e. The highest BCUT2D eigenvalue weighted by Crippen LogP contribution is 2.52. The molecule has 1 heterocycles. The fourth-order valence-electron chi connectivity index (χ4n) is 2.99. The van der Waals surface area contributed by atoms with E-state index in [9.17, 15) is 9.59 Å². The first-order valence-corrected chi connectivity index (χ1v) is 7.59. The van der Waals surface area contributed by atoms with Gasteiger partial charge in [0.1, 0.15) is 11.9 Å². The number of hydrogen-bond donors (Lipinski definition) is 1. The van der Waals surface area contributed by atoms with Crippen LogP contribution in [0.15, 0.2) is 6.33 Å². The summed E-state index contributed by atoms with van der Waals surface area (Å²) in [4.78, 5) is 24.6. The zero-order valence-corrected chi connectivity index (χ0v) is 13.9. The van der Waals surface area contributed by atoms with Gasteiger partial charge in [-0.3, -0.25) is 4.79 Å². The molecular formula is C14H23N5O4. The summed E-state index contributed by atoms with van der Waals surface area (Å²) in [6.07, 6.45) is 1.89. The van der Waals surface area contributed by atoms with Crippen molar-refractivity contribution in [3.63, 3.8) is 0 Å². The van der Waals surface area contributed by atoms with Gasteiger partial charge in [0, 0.05) is 24.9 Å².